The summed E-state index contributed by atoms with van der Waals surface area (Å²) in [6, 6.07) is 14.2. The fourth-order valence-corrected chi connectivity index (χ4v) is 4.67. The van der Waals surface area contributed by atoms with Crippen LogP contribution in [0.1, 0.15) is 24.3 Å². The first-order valence-electron chi connectivity index (χ1n) is 9.73. The molecule has 2 amide bonds. The van der Waals surface area contributed by atoms with Gasteiger partial charge in [0.05, 0.1) is 5.57 Å². The average molecular weight is 396 g/mol. The van der Waals surface area contributed by atoms with E-state index in [4.69, 9.17) is 0 Å². The lowest BCUT2D eigenvalue weighted by atomic mass is 10.1. The van der Waals surface area contributed by atoms with Crippen LogP contribution in [0.25, 0.3) is 5.57 Å². The fourth-order valence-electron chi connectivity index (χ4n) is 3.91. The second-order valence-corrected chi connectivity index (χ2v) is 8.47. The number of rotatable bonds is 5. The summed E-state index contributed by atoms with van der Waals surface area (Å²) >= 11 is 1.52. The van der Waals surface area contributed by atoms with Gasteiger partial charge < -0.3 is 4.90 Å². The van der Waals surface area contributed by atoms with Crippen molar-refractivity contribution >= 4 is 28.7 Å². The highest BCUT2D eigenvalue weighted by atomic mass is 32.1. The normalized spacial score (nSPS) is 18.7. The molecule has 2 aliphatic heterocycles. The van der Waals surface area contributed by atoms with Crippen molar-refractivity contribution in [1.82, 2.24) is 14.7 Å². The largest absolute Gasteiger partial charge is 0.364 e. The zero-order valence-electron chi connectivity index (χ0n) is 16.3. The molecule has 1 aromatic carbocycles. The zero-order valence-corrected chi connectivity index (χ0v) is 17.1. The van der Waals surface area contributed by atoms with E-state index in [2.05, 4.69) is 34.1 Å². The first kappa shape index (κ1) is 18.9. The number of hydrogen-bond donors (Lipinski definition) is 0. The Morgan fingerprint density at radius 2 is 1.64 bits per heavy atom. The monoisotopic (exact) mass is 395 g/mol. The molecular weight excluding hydrogens is 370 g/mol. The van der Waals surface area contributed by atoms with Gasteiger partial charge >= 0.3 is 0 Å². The van der Waals surface area contributed by atoms with Crippen molar-refractivity contribution in [2.24, 2.45) is 0 Å². The lowest BCUT2D eigenvalue weighted by Crippen LogP contribution is -2.47. The van der Waals surface area contributed by atoms with Gasteiger partial charge in [0.1, 0.15) is 5.70 Å². The van der Waals surface area contributed by atoms with Crippen LogP contribution < -0.4 is 0 Å². The number of thiophene rings is 1. The van der Waals surface area contributed by atoms with Crippen molar-refractivity contribution in [3.05, 3.63) is 64.0 Å². The molecule has 2 aliphatic rings. The number of imide groups is 1. The van der Waals surface area contributed by atoms with Crippen LogP contribution in [0.2, 0.25) is 0 Å². The van der Waals surface area contributed by atoms with Crippen LogP contribution in [0.4, 0.5) is 0 Å². The summed E-state index contributed by atoms with van der Waals surface area (Å²) in [6.45, 7) is 7.95. The van der Waals surface area contributed by atoms with Gasteiger partial charge in [0.2, 0.25) is 0 Å². The van der Waals surface area contributed by atoms with Crippen molar-refractivity contribution in [3.63, 3.8) is 0 Å². The first-order chi connectivity index (χ1) is 13.6. The van der Waals surface area contributed by atoms with Gasteiger partial charge in [0, 0.05) is 43.6 Å². The topological polar surface area (TPSA) is 43.9 Å². The smallest absolute Gasteiger partial charge is 0.278 e. The van der Waals surface area contributed by atoms with E-state index in [1.165, 1.54) is 21.8 Å². The van der Waals surface area contributed by atoms with Gasteiger partial charge in [0.15, 0.2) is 0 Å². The third kappa shape index (κ3) is 3.50. The van der Waals surface area contributed by atoms with Crippen LogP contribution in [0.3, 0.4) is 0 Å². The molecule has 0 aliphatic carbocycles. The van der Waals surface area contributed by atoms with Crippen LogP contribution in [0, 0.1) is 0 Å². The van der Waals surface area contributed by atoms with Crippen molar-refractivity contribution in [1.29, 1.82) is 0 Å². The van der Waals surface area contributed by atoms with E-state index in [1.54, 1.807) is 0 Å². The third-order valence-corrected chi connectivity index (χ3v) is 6.20. The molecule has 6 heteroatoms. The second-order valence-electron chi connectivity index (χ2n) is 7.52. The number of benzene rings is 1. The molecule has 3 heterocycles. The lowest BCUT2D eigenvalue weighted by molar-refractivity contribution is -0.139. The first-order valence-corrected chi connectivity index (χ1v) is 10.6. The fraction of sp³-hybridized carbons (Fsp3) is 0.364. The van der Waals surface area contributed by atoms with Crippen LogP contribution in [-0.4, -0.2) is 58.7 Å². The van der Waals surface area contributed by atoms with Crippen molar-refractivity contribution in [2.75, 3.05) is 26.2 Å². The molecule has 1 fully saturated rings. The molecule has 4 rings (SSSR count). The van der Waals surface area contributed by atoms with E-state index in [-0.39, 0.29) is 17.9 Å². The van der Waals surface area contributed by atoms with Gasteiger partial charge in [-0.15, -0.1) is 11.3 Å². The molecule has 0 N–H and O–H groups in total. The SMILES string of the molecule is CC(C)N1C(=O)C(c2cccs2)=C(N2CCN(Cc3ccccc3)CC2)C1=O. The summed E-state index contributed by atoms with van der Waals surface area (Å²) in [5.74, 6) is -0.316. The van der Waals surface area contributed by atoms with E-state index in [0.29, 0.717) is 11.3 Å². The highest BCUT2D eigenvalue weighted by Crippen LogP contribution is 2.35. The number of amides is 2. The number of carbonyl (C=O) groups is 2. The summed E-state index contributed by atoms with van der Waals surface area (Å²) in [5, 5.41) is 1.95. The maximum absolute atomic E-state index is 13.1. The maximum atomic E-state index is 13.1. The Bertz CT molecular complexity index is 882. The molecule has 1 saturated heterocycles. The Labute approximate surface area is 169 Å². The molecule has 1 aromatic heterocycles. The van der Waals surface area contributed by atoms with Gasteiger partial charge in [-0.1, -0.05) is 36.4 Å². The predicted octanol–water partition coefficient (Wildman–Crippen LogP) is 3.05. The maximum Gasteiger partial charge on any atom is 0.278 e. The van der Waals surface area contributed by atoms with E-state index in [9.17, 15) is 9.59 Å². The minimum absolute atomic E-state index is 0.146. The molecule has 2 aromatic rings. The highest BCUT2D eigenvalue weighted by molar-refractivity contribution is 7.11. The molecule has 0 radical (unpaired) electrons. The predicted molar refractivity (Wildman–Crippen MR) is 112 cm³/mol. The molecule has 0 atom stereocenters. The van der Waals surface area contributed by atoms with Crippen LogP contribution in [0.15, 0.2) is 53.5 Å². The summed E-state index contributed by atoms with van der Waals surface area (Å²) in [5.41, 5.74) is 2.46. The Morgan fingerprint density at radius 1 is 0.929 bits per heavy atom. The summed E-state index contributed by atoms with van der Waals surface area (Å²) in [4.78, 5) is 33.0. The van der Waals surface area contributed by atoms with E-state index >= 15 is 0 Å². The molecule has 146 valence electrons. The van der Waals surface area contributed by atoms with Crippen LogP contribution in [0.5, 0.6) is 0 Å². The highest BCUT2D eigenvalue weighted by Gasteiger charge is 2.43. The molecule has 0 saturated carbocycles. The van der Waals surface area contributed by atoms with E-state index in [1.807, 2.05) is 37.4 Å². The van der Waals surface area contributed by atoms with Gasteiger partial charge in [-0.2, -0.15) is 0 Å². The molecule has 0 bridgehead atoms. The summed E-state index contributed by atoms with van der Waals surface area (Å²) in [7, 11) is 0. The number of nitrogens with zero attached hydrogens (tertiary/aromatic N) is 3. The molecular formula is C22H25N3O2S. The van der Waals surface area contributed by atoms with Crippen molar-refractivity contribution in [3.8, 4) is 0 Å². The van der Waals surface area contributed by atoms with Crippen LogP contribution >= 0.6 is 11.3 Å². The lowest BCUT2D eigenvalue weighted by Gasteiger charge is -2.36. The van der Waals surface area contributed by atoms with Gasteiger partial charge in [0.25, 0.3) is 11.8 Å². The Kier molecular flexibility index (Phi) is 5.33. The second kappa shape index (κ2) is 7.89. The summed E-state index contributed by atoms with van der Waals surface area (Å²) < 4.78 is 0. The quantitative estimate of drug-likeness (QED) is 0.730. The van der Waals surface area contributed by atoms with Gasteiger partial charge in [-0.25, -0.2) is 0 Å². The minimum atomic E-state index is -0.163. The van der Waals surface area contributed by atoms with Gasteiger partial charge in [-0.3, -0.25) is 19.4 Å². The molecule has 28 heavy (non-hydrogen) atoms. The standard InChI is InChI=1S/C22H25N3O2S/c1-16(2)25-21(26)19(18-9-6-14-28-18)20(22(25)27)24-12-10-23(11-13-24)15-17-7-4-3-5-8-17/h3-9,14,16H,10-13,15H2,1-2H3. The Balaban J connectivity index is 1.55. The number of carbonyl (C=O) groups excluding carboxylic acids is 2. The van der Waals surface area contributed by atoms with Crippen molar-refractivity contribution in [2.45, 2.75) is 26.4 Å². The van der Waals surface area contributed by atoms with Gasteiger partial charge in [-0.05, 0) is 30.9 Å². The molecule has 0 unspecified atom stereocenters. The number of hydrogen-bond acceptors (Lipinski definition) is 5. The average Bonchev–Trinajstić information content (AvgIpc) is 3.29. The van der Waals surface area contributed by atoms with Crippen molar-refractivity contribution < 1.29 is 9.59 Å². The molecule has 5 nitrogen and oxygen atoms in total. The Morgan fingerprint density at radius 3 is 2.25 bits per heavy atom. The van der Waals surface area contributed by atoms with Crippen LogP contribution in [-0.2, 0) is 16.1 Å². The van der Waals surface area contributed by atoms with E-state index < -0.39 is 0 Å². The summed E-state index contributed by atoms with van der Waals surface area (Å²) in [6.07, 6.45) is 0. The van der Waals surface area contributed by atoms with E-state index in [0.717, 1.165) is 37.6 Å². The Hall–Kier alpha value is -2.44. The molecule has 0 spiro atoms. The number of piperazine rings is 1. The minimum Gasteiger partial charge on any atom is -0.364 e. The zero-order chi connectivity index (χ0) is 19.7. The third-order valence-electron chi connectivity index (χ3n) is 5.31.